The normalized spacial score (nSPS) is 54.5. The maximum absolute atomic E-state index is 12.2. The van der Waals surface area contributed by atoms with Crippen LogP contribution in [0.4, 0.5) is 0 Å². The van der Waals surface area contributed by atoms with Gasteiger partial charge in [-0.05, 0) is 79.4 Å². The number of ether oxygens (including phenoxy) is 1. The van der Waals surface area contributed by atoms with Gasteiger partial charge in [0.1, 0.15) is 5.78 Å². The van der Waals surface area contributed by atoms with Gasteiger partial charge in [-0.3, -0.25) is 4.79 Å². The number of rotatable bonds is 1. The van der Waals surface area contributed by atoms with Crippen molar-refractivity contribution in [3.05, 3.63) is 0 Å². The quantitative estimate of drug-likeness (QED) is 0.707. The van der Waals surface area contributed by atoms with Gasteiger partial charge in [0, 0.05) is 20.0 Å². The molecule has 2 heteroatoms. The van der Waals surface area contributed by atoms with Crippen molar-refractivity contribution in [2.75, 3.05) is 7.11 Å². The summed E-state index contributed by atoms with van der Waals surface area (Å²) in [6, 6.07) is 0. The monoisotopic (exact) mass is 304 g/mol. The van der Waals surface area contributed by atoms with Crippen LogP contribution in [-0.2, 0) is 9.53 Å². The molecule has 4 rings (SSSR count). The van der Waals surface area contributed by atoms with Gasteiger partial charge in [0.25, 0.3) is 0 Å². The fraction of sp³-hybridized carbons (Fsp3) is 0.950. The number of carbonyl (C=O) groups excluding carboxylic acids is 1. The number of hydrogen-bond acceptors (Lipinski definition) is 2. The van der Waals surface area contributed by atoms with Gasteiger partial charge in [-0.25, -0.2) is 0 Å². The van der Waals surface area contributed by atoms with Crippen molar-refractivity contribution in [2.45, 2.75) is 77.7 Å². The molecule has 0 unspecified atom stereocenters. The fourth-order valence-electron chi connectivity index (χ4n) is 7.47. The average Bonchev–Trinajstić information content (AvgIpc) is 2.82. The Kier molecular flexibility index (Phi) is 3.49. The topological polar surface area (TPSA) is 26.3 Å². The van der Waals surface area contributed by atoms with Gasteiger partial charge in [0.05, 0.1) is 6.10 Å². The number of Topliss-reactive ketones (excluding diaryl/α,β-unsaturated/α-hetero) is 1. The zero-order valence-electron chi connectivity index (χ0n) is 14.6. The Balaban J connectivity index is 1.64. The molecule has 0 aromatic carbocycles. The van der Waals surface area contributed by atoms with E-state index >= 15 is 0 Å². The van der Waals surface area contributed by atoms with Crippen molar-refractivity contribution >= 4 is 5.78 Å². The van der Waals surface area contributed by atoms with Crippen molar-refractivity contribution in [1.82, 2.24) is 0 Å². The lowest BCUT2D eigenvalue weighted by molar-refractivity contribution is -0.145. The number of carbonyl (C=O) groups is 1. The van der Waals surface area contributed by atoms with Gasteiger partial charge in [0.15, 0.2) is 0 Å². The highest BCUT2D eigenvalue weighted by Crippen LogP contribution is 2.66. The molecule has 0 saturated heterocycles. The lowest BCUT2D eigenvalue weighted by atomic mass is 9.45. The van der Waals surface area contributed by atoms with E-state index in [1.807, 2.05) is 7.11 Å². The van der Waals surface area contributed by atoms with Gasteiger partial charge in [-0.15, -0.1) is 0 Å². The molecular formula is C20H32O2. The van der Waals surface area contributed by atoms with E-state index in [1.54, 1.807) is 0 Å². The molecule has 4 aliphatic carbocycles. The van der Waals surface area contributed by atoms with Crippen molar-refractivity contribution in [1.29, 1.82) is 0 Å². The molecule has 7 atom stereocenters. The summed E-state index contributed by atoms with van der Waals surface area (Å²) >= 11 is 0. The lowest BCUT2D eigenvalue weighted by Gasteiger charge is -2.60. The SMILES string of the molecule is CO[C@H]1CC[C@H]2[C@@H]3CC[C@H]4CCC(=O)C[C@]4(C)[C@H]3CC[C@]12C. The van der Waals surface area contributed by atoms with E-state index in [0.29, 0.717) is 22.7 Å². The third kappa shape index (κ3) is 1.92. The van der Waals surface area contributed by atoms with Gasteiger partial charge in [-0.1, -0.05) is 13.8 Å². The maximum Gasteiger partial charge on any atom is 0.133 e. The van der Waals surface area contributed by atoms with Crippen LogP contribution in [0.15, 0.2) is 0 Å². The van der Waals surface area contributed by atoms with Gasteiger partial charge in [-0.2, -0.15) is 0 Å². The summed E-state index contributed by atoms with van der Waals surface area (Å²) in [4.78, 5) is 12.2. The molecule has 0 N–H and O–H groups in total. The molecule has 0 radical (unpaired) electrons. The predicted molar refractivity (Wildman–Crippen MR) is 87.5 cm³/mol. The summed E-state index contributed by atoms with van der Waals surface area (Å²) in [6.45, 7) is 4.96. The number of fused-ring (bicyclic) bond motifs is 5. The first-order valence-corrected chi connectivity index (χ1v) is 9.53. The van der Waals surface area contributed by atoms with Gasteiger partial charge >= 0.3 is 0 Å². The van der Waals surface area contributed by atoms with Crippen LogP contribution in [0.5, 0.6) is 0 Å². The molecule has 0 spiro atoms. The Hall–Kier alpha value is -0.370. The molecule has 0 heterocycles. The molecule has 0 aliphatic heterocycles. The first-order chi connectivity index (χ1) is 10.5. The van der Waals surface area contributed by atoms with Crippen molar-refractivity contribution in [3.8, 4) is 0 Å². The molecule has 4 saturated carbocycles. The second-order valence-electron chi connectivity index (χ2n) is 9.26. The van der Waals surface area contributed by atoms with E-state index < -0.39 is 0 Å². The first-order valence-electron chi connectivity index (χ1n) is 9.53. The molecule has 0 aromatic heterocycles. The van der Waals surface area contributed by atoms with Gasteiger partial charge in [0.2, 0.25) is 0 Å². The summed E-state index contributed by atoms with van der Waals surface area (Å²) in [5, 5.41) is 0. The van der Waals surface area contributed by atoms with Gasteiger partial charge < -0.3 is 4.74 Å². The average molecular weight is 304 g/mol. The molecule has 2 nitrogen and oxygen atoms in total. The standard InChI is InChI=1S/C20H32O2/c1-19-11-10-17-15(16(19)8-9-18(19)22-3)7-5-13-4-6-14(21)12-20(13,17)2/h13,15-18H,4-12H2,1-3H3/t13-,15+,16+,17+,18+,19+,20+/m1/s1. The second-order valence-corrected chi connectivity index (χ2v) is 9.26. The fourth-order valence-corrected chi connectivity index (χ4v) is 7.47. The van der Waals surface area contributed by atoms with E-state index in [0.717, 1.165) is 36.5 Å². The van der Waals surface area contributed by atoms with Crippen LogP contribution < -0.4 is 0 Å². The third-order valence-electron chi connectivity index (χ3n) is 8.61. The van der Waals surface area contributed by atoms with Crippen LogP contribution >= 0.6 is 0 Å². The van der Waals surface area contributed by atoms with Crippen LogP contribution in [0.2, 0.25) is 0 Å². The van der Waals surface area contributed by atoms with Crippen LogP contribution in [0.1, 0.15) is 71.6 Å². The molecule has 0 amide bonds. The molecular weight excluding hydrogens is 272 g/mol. The molecule has 4 aliphatic rings. The zero-order chi connectivity index (χ0) is 15.5. The lowest BCUT2D eigenvalue weighted by Crippen LogP contribution is -2.54. The molecule has 0 bridgehead atoms. The van der Waals surface area contributed by atoms with Crippen molar-refractivity contribution in [3.63, 3.8) is 0 Å². The first kappa shape index (κ1) is 15.2. The van der Waals surface area contributed by atoms with Crippen LogP contribution in [-0.4, -0.2) is 19.0 Å². The summed E-state index contributed by atoms with van der Waals surface area (Å²) in [6.07, 6.45) is 11.4. The highest BCUT2D eigenvalue weighted by Gasteiger charge is 2.60. The third-order valence-corrected chi connectivity index (χ3v) is 8.61. The second kappa shape index (κ2) is 5.06. The smallest absolute Gasteiger partial charge is 0.133 e. The molecule has 124 valence electrons. The van der Waals surface area contributed by atoms with Crippen LogP contribution in [0.3, 0.4) is 0 Å². The maximum atomic E-state index is 12.2. The number of hydrogen-bond donors (Lipinski definition) is 0. The minimum atomic E-state index is 0.310. The Bertz CT molecular complexity index is 472. The summed E-state index contributed by atoms with van der Waals surface area (Å²) in [5.74, 6) is 3.84. The van der Waals surface area contributed by atoms with E-state index in [2.05, 4.69) is 13.8 Å². The zero-order valence-corrected chi connectivity index (χ0v) is 14.6. The number of ketones is 1. The summed E-state index contributed by atoms with van der Waals surface area (Å²) < 4.78 is 5.86. The minimum absolute atomic E-state index is 0.310. The van der Waals surface area contributed by atoms with E-state index in [1.165, 1.54) is 44.9 Å². The van der Waals surface area contributed by atoms with E-state index in [-0.39, 0.29) is 0 Å². The Morgan fingerprint density at radius 1 is 0.955 bits per heavy atom. The summed E-state index contributed by atoms with van der Waals surface area (Å²) in [7, 11) is 1.91. The minimum Gasteiger partial charge on any atom is -0.381 e. The van der Waals surface area contributed by atoms with Crippen LogP contribution in [0, 0.1) is 34.5 Å². The molecule has 22 heavy (non-hydrogen) atoms. The van der Waals surface area contributed by atoms with Crippen molar-refractivity contribution in [2.24, 2.45) is 34.5 Å². The molecule has 0 aromatic rings. The number of methoxy groups -OCH3 is 1. The highest BCUT2D eigenvalue weighted by molar-refractivity contribution is 5.80. The largest absolute Gasteiger partial charge is 0.381 e. The van der Waals surface area contributed by atoms with Crippen molar-refractivity contribution < 1.29 is 9.53 Å². The summed E-state index contributed by atoms with van der Waals surface area (Å²) in [5.41, 5.74) is 0.711. The van der Waals surface area contributed by atoms with E-state index in [9.17, 15) is 4.79 Å². The van der Waals surface area contributed by atoms with E-state index in [4.69, 9.17) is 4.74 Å². The Labute approximate surface area is 135 Å². The predicted octanol–water partition coefficient (Wildman–Crippen LogP) is 4.61. The highest BCUT2D eigenvalue weighted by atomic mass is 16.5. The molecule has 4 fully saturated rings. The van der Waals surface area contributed by atoms with Crippen LogP contribution in [0.25, 0.3) is 0 Å². The Morgan fingerprint density at radius 3 is 2.50 bits per heavy atom. The Morgan fingerprint density at radius 2 is 1.73 bits per heavy atom.